The minimum absolute atomic E-state index is 0.0157. The van der Waals surface area contributed by atoms with Crippen molar-refractivity contribution in [3.63, 3.8) is 0 Å². The maximum Gasteiger partial charge on any atom is 0.223 e. The average Bonchev–Trinajstić information content (AvgIpc) is 2.59. The summed E-state index contributed by atoms with van der Waals surface area (Å²) in [6, 6.07) is 7.66. The molecule has 1 amide bonds. The molecular weight excluding hydrogens is 350 g/mol. The Labute approximate surface area is 155 Å². The lowest BCUT2D eigenvalue weighted by atomic mass is 9.37. The van der Waals surface area contributed by atoms with Gasteiger partial charge in [-0.15, -0.1) is 0 Å². The van der Waals surface area contributed by atoms with Crippen molar-refractivity contribution in [3.05, 3.63) is 65.5 Å². The number of benzene rings is 1. The van der Waals surface area contributed by atoms with Gasteiger partial charge in [-0.3, -0.25) is 9.78 Å². The number of amides is 1. The van der Waals surface area contributed by atoms with Crippen molar-refractivity contribution in [2.24, 2.45) is 0 Å². The van der Waals surface area contributed by atoms with Crippen molar-refractivity contribution in [2.75, 3.05) is 6.54 Å². The number of hydrogen-bond donors (Lipinski definition) is 1. The van der Waals surface area contributed by atoms with E-state index in [1.54, 1.807) is 12.4 Å². The third kappa shape index (κ3) is 2.35. The van der Waals surface area contributed by atoms with Crippen LogP contribution in [0.15, 0.2) is 42.7 Å². The van der Waals surface area contributed by atoms with Crippen LogP contribution in [0.3, 0.4) is 0 Å². The first kappa shape index (κ1) is 16.8. The highest BCUT2D eigenvalue weighted by Gasteiger charge is 2.72. The van der Waals surface area contributed by atoms with E-state index in [4.69, 9.17) is 0 Å². The second-order valence-electron chi connectivity index (χ2n) is 8.33. The van der Waals surface area contributed by atoms with Crippen LogP contribution in [0.5, 0.6) is 0 Å². The Kier molecular flexibility index (Phi) is 3.47. The maximum absolute atomic E-state index is 13.5. The van der Waals surface area contributed by atoms with Gasteiger partial charge in [-0.25, -0.2) is 8.78 Å². The van der Waals surface area contributed by atoms with E-state index in [9.17, 15) is 18.7 Å². The van der Waals surface area contributed by atoms with Crippen molar-refractivity contribution in [1.29, 1.82) is 0 Å². The molecule has 4 nitrogen and oxygen atoms in total. The molecule has 3 aliphatic carbocycles. The SMILES string of the molecule is O=C1C[C@@H](c2ccc(F)c(F)c2)[C@@H](O)CN1C12CC(c3ccncc3)(C1)C2. The van der Waals surface area contributed by atoms with Gasteiger partial charge >= 0.3 is 0 Å². The van der Waals surface area contributed by atoms with Crippen LogP contribution in [-0.2, 0) is 10.2 Å². The first-order chi connectivity index (χ1) is 12.9. The van der Waals surface area contributed by atoms with E-state index in [0.29, 0.717) is 5.56 Å². The molecule has 1 N–H and O–H groups in total. The van der Waals surface area contributed by atoms with E-state index in [1.807, 2.05) is 17.0 Å². The fourth-order valence-electron chi connectivity index (χ4n) is 5.42. The third-order valence-electron chi connectivity index (χ3n) is 6.77. The summed E-state index contributed by atoms with van der Waals surface area (Å²) < 4.78 is 26.7. The van der Waals surface area contributed by atoms with Crippen LogP contribution in [0.2, 0.25) is 0 Å². The van der Waals surface area contributed by atoms with Crippen LogP contribution >= 0.6 is 0 Å². The number of carbonyl (C=O) groups excluding carboxylic acids is 1. The fourth-order valence-corrected chi connectivity index (χ4v) is 5.42. The lowest BCUT2D eigenvalue weighted by molar-refractivity contribution is -0.196. The molecule has 2 bridgehead atoms. The van der Waals surface area contributed by atoms with E-state index in [1.165, 1.54) is 11.6 Å². The Morgan fingerprint density at radius 1 is 1.07 bits per heavy atom. The molecule has 27 heavy (non-hydrogen) atoms. The van der Waals surface area contributed by atoms with Gasteiger partial charge in [0.2, 0.25) is 5.91 Å². The van der Waals surface area contributed by atoms with Gasteiger partial charge in [0.25, 0.3) is 0 Å². The zero-order valence-corrected chi connectivity index (χ0v) is 14.7. The monoisotopic (exact) mass is 370 g/mol. The summed E-state index contributed by atoms with van der Waals surface area (Å²) in [5, 5.41) is 10.6. The smallest absolute Gasteiger partial charge is 0.223 e. The molecule has 6 heteroatoms. The summed E-state index contributed by atoms with van der Waals surface area (Å²) in [6.07, 6.45) is 5.68. The Hall–Kier alpha value is -2.34. The molecule has 6 rings (SSSR count). The lowest BCUT2D eigenvalue weighted by Crippen LogP contribution is -2.78. The standard InChI is InChI=1S/C21H20F2N2O2/c22-16-2-1-13(7-17(16)23)15-8-19(27)25(9-18(15)26)21-10-20(11-21,12-21)14-3-5-24-6-4-14/h1-7,15,18,26H,8-12H2/t15-,18-,20?,21?/m0/s1. The number of rotatable bonds is 3. The van der Waals surface area contributed by atoms with Gasteiger partial charge in [-0.1, -0.05) is 6.07 Å². The molecule has 2 aromatic rings. The Morgan fingerprint density at radius 3 is 2.44 bits per heavy atom. The fraction of sp³-hybridized carbons (Fsp3) is 0.429. The molecule has 140 valence electrons. The Balaban J connectivity index is 1.31. The Morgan fingerprint density at radius 2 is 1.78 bits per heavy atom. The number of nitrogens with zero attached hydrogens (tertiary/aromatic N) is 2. The number of aliphatic hydroxyl groups excluding tert-OH is 1. The molecule has 4 fully saturated rings. The highest BCUT2D eigenvalue weighted by atomic mass is 19.2. The molecule has 4 aliphatic rings. The van der Waals surface area contributed by atoms with Gasteiger partial charge in [0.1, 0.15) is 0 Å². The largest absolute Gasteiger partial charge is 0.391 e. The molecule has 2 heterocycles. The predicted molar refractivity (Wildman–Crippen MR) is 93.9 cm³/mol. The lowest BCUT2D eigenvalue weighted by Gasteiger charge is -2.74. The number of piperidine rings is 1. The molecule has 0 radical (unpaired) electrons. The predicted octanol–water partition coefficient (Wildman–Crippen LogP) is 2.91. The van der Waals surface area contributed by atoms with Crippen LogP contribution < -0.4 is 0 Å². The van der Waals surface area contributed by atoms with E-state index in [2.05, 4.69) is 4.98 Å². The minimum atomic E-state index is -0.951. The van der Waals surface area contributed by atoms with Crippen LogP contribution in [-0.4, -0.2) is 39.1 Å². The van der Waals surface area contributed by atoms with Gasteiger partial charge in [-0.05, 0) is 54.7 Å². The van der Waals surface area contributed by atoms with Gasteiger partial charge in [0.15, 0.2) is 11.6 Å². The highest BCUT2D eigenvalue weighted by Crippen LogP contribution is 2.70. The normalized spacial score (nSPS) is 34.8. The van der Waals surface area contributed by atoms with Crippen molar-refractivity contribution in [1.82, 2.24) is 9.88 Å². The Bertz CT molecular complexity index is 898. The van der Waals surface area contributed by atoms with E-state index >= 15 is 0 Å². The van der Waals surface area contributed by atoms with E-state index < -0.39 is 23.7 Å². The second kappa shape index (κ2) is 5.58. The first-order valence-electron chi connectivity index (χ1n) is 9.27. The van der Waals surface area contributed by atoms with Crippen LogP contribution in [0.4, 0.5) is 8.78 Å². The van der Waals surface area contributed by atoms with Gasteiger partial charge < -0.3 is 10.0 Å². The van der Waals surface area contributed by atoms with E-state index in [-0.39, 0.29) is 29.8 Å². The average molecular weight is 370 g/mol. The number of halogens is 2. The summed E-state index contributed by atoms with van der Waals surface area (Å²) in [5.74, 6) is -2.39. The van der Waals surface area contributed by atoms with Crippen molar-refractivity contribution >= 4 is 5.91 Å². The van der Waals surface area contributed by atoms with Gasteiger partial charge in [0.05, 0.1) is 6.10 Å². The third-order valence-corrected chi connectivity index (χ3v) is 6.77. The molecule has 0 unspecified atom stereocenters. The molecule has 1 aromatic carbocycles. The summed E-state index contributed by atoms with van der Waals surface area (Å²) in [7, 11) is 0. The van der Waals surface area contributed by atoms with Crippen molar-refractivity contribution in [2.45, 2.75) is 48.7 Å². The molecule has 3 saturated carbocycles. The van der Waals surface area contributed by atoms with E-state index in [0.717, 1.165) is 31.4 Å². The quantitative estimate of drug-likeness (QED) is 0.904. The topological polar surface area (TPSA) is 53.4 Å². The maximum atomic E-state index is 13.5. The van der Waals surface area contributed by atoms with Crippen LogP contribution in [0.25, 0.3) is 0 Å². The van der Waals surface area contributed by atoms with Crippen LogP contribution in [0.1, 0.15) is 42.7 Å². The number of aromatic nitrogens is 1. The van der Waals surface area contributed by atoms with Crippen LogP contribution in [0, 0.1) is 11.6 Å². The highest BCUT2D eigenvalue weighted by molar-refractivity contribution is 5.80. The second-order valence-corrected chi connectivity index (χ2v) is 8.33. The summed E-state index contributed by atoms with van der Waals surface area (Å²) in [5.41, 5.74) is 1.73. The van der Waals surface area contributed by atoms with Crippen molar-refractivity contribution in [3.8, 4) is 0 Å². The number of aliphatic hydroxyl groups is 1. The zero-order valence-electron chi connectivity index (χ0n) is 14.7. The van der Waals surface area contributed by atoms with Crippen molar-refractivity contribution < 1.29 is 18.7 Å². The molecule has 1 saturated heterocycles. The van der Waals surface area contributed by atoms with Gasteiger partial charge in [0, 0.05) is 42.2 Å². The summed E-state index contributed by atoms with van der Waals surface area (Å²) in [4.78, 5) is 18.7. The zero-order chi connectivity index (χ0) is 18.8. The summed E-state index contributed by atoms with van der Waals surface area (Å²) >= 11 is 0. The molecule has 1 aromatic heterocycles. The number of carbonyl (C=O) groups is 1. The molecule has 0 spiro atoms. The number of likely N-dealkylation sites (tertiary alicyclic amines) is 1. The minimum Gasteiger partial charge on any atom is -0.391 e. The van der Waals surface area contributed by atoms with Gasteiger partial charge in [-0.2, -0.15) is 0 Å². The number of hydrogen-bond acceptors (Lipinski definition) is 3. The molecular formula is C21H20F2N2O2. The number of β-amino-alcohol motifs (C(OH)–C–C–N with tert-alkyl or cyclic N) is 1. The number of pyridine rings is 1. The molecule has 1 aliphatic heterocycles. The summed E-state index contributed by atoms with van der Waals surface area (Å²) in [6.45, 7) is 0.245. The first-order valence-corrected chi connectivity index (χ1v) is 9.27. The molecule has 2 atom stereocenters.